The minimum absolute atomic E-state index is 0.445. The summed E-state index contributed by atoms with van der Waals surface area (Å²) in [5.41, 5.74) is 6.81. The van der Waals surface area contributed by atoms with Crippen LogP contribution in [0.3, 0.4) is 0 Å². The summed E-state index contributed by atoms with van der Waals surface area (Å²) in [5.74, 6) is 0. The predicted octanol–water partition coefficient (Wildman–Crippen LogP) is 2.39. The second-order valence-corrected chi connectivity index (χ2v) is 4.38. The number of benzene rings is 1. The number of hydrogen-bond acceptors (Lipinski definition) is 3. The fourth-order valence-electron chi connectivity index (χ4n) is 1.44. The van der Waals surface area contributed by atoms with Gasteiger partial charge in [-0.2, -0.15) is 0 Å². The molecular formula is C10H14Cl2N2O. The quantitative estimate of drug-likeness (QED) is 0.808. The van der Waals surface area contributed by atoms with Crippen molar-refractivity contribution in [3.05, 3.63) is 22.2 Å². The molecule has 0 amide bonds. The monoisotopic (exact) mass is 248 g/mol. The van der Waals surface area contributed by atoms with Crippen molar-refractivity contribution >= 4 is 34.6 Å². The molecule has 3 nitrogen and oxygen atoms in total. The second kappa shape index (κ2) is 4.92. The molecule has 0 aromatic heterocycles. The first-order valence-corrected chi connectivity index (χ1v) is 5.31. The third-order valence-electron chi connectivity index (χ3n) is 1.96. The summed E-state index contributed by atoms with van der Waals surface area (Å²) in [6, 6.07) is 3.28. The average molecular weight is 249 g/mol. The summed E-state index contributed by atoms with van der Waals surface area (Å²) in [4.78, 5) is 1.80. The fourth-order valence-corrected chi connectivity index (χ4v) is 2.23. The molecule has 3 N–H and O–H groups in total. The van der Waals surface area contributed by atoms with Gasteiger partial charge in [0.15, 0.2) is 0 Å². The van der Waals surface area contributed by atoms with Gasteiger partial charge in [0.2, 0.25) is 0 Å². The molecule has 0 radical (unpaired) electrons. The van der Waals surface area contributed by atoms with E-state index in [9.17, 15) is 5.11 Å². The van der Waals surface area contributed by atoms with Crippen molar-refractivity contribution in [1.82, 2.24) is 0 Å². The van der Waals surface area contributed by atoms with Crippen molar-refractivity contribution in [2.45, 2.75) is 13.0 Å². The van der Waals surface area contributed by atoms with Crippen molar-refractivity contribution in [3.63, 3.8) is 0 Å². The van der Waals surface area contributed by atoms with E-state index >= 15 is 0 Å². The first-order valence-electron chi connectivity index (χ1n) is 4.55. The lowest BCUT2D eigenvalue weighted by Crippen LogP contribution is -2.27. The maximum atomic E-state index is 9.27. The molecule has 0 aliphatic carbocycles. The van der Waals surface area contributed by atoms with Crippen LogP contribution in [-0.2, 0) is 0 Å². The Morgan fingerprint density at radius 3 is 2.27 bits per heavy atom. The van der Waals surface area contributed by atoms with E-state index in [4.69, 9.17) is 28.9 Å². The van der Waals surface area contributed by atoms with E-state index < -0.39 is 6.10 Å². The summed E-state index contributed by atoms with van der Waals surface area (Å²) in [6.45, 7) is 2.17. The van der Waals surface area contributed by atoms with Gasteiger partial charge in [-0.3, -0.25) is 0 Å². The largest absolute Gasteiger partial charge is 0.399 e. The van der Waals surface area contributed by atoms with Gasteiger partial charge < -0.3 is 15.7 Å². The average Bonchev–Trinajstić information content (AvgIpc) is 1.99. The number of anilines is 2. The zero-order valence-electron chi connectivity index (χ0n) is 8.67. The Balaban J connectivity index is 3.03. The van der Waals surface area contributed by atoms with Crippen LogP contribution in [0.15, 0.2) is 12.1 Å². The van der Waals surface area contributed by atoms with Crippen LogP contribution in [0, 0.1) is 0 Å². The van der Waals surface area contributed by atoms with Crippen molar-refractivity contribution in [2.75, 3.05) is 24.2 Å². The van der Waals surface area contributed by atoms with E-state index in [1.54, 1.807) is 24.0 Å². The Kier molecular flexibility index (Phi) is 4.08. The predicted molar refractivity (Wildman–Crippen MR) is 65.8 cm³/mol. The Morgan fingerprint density at radius 1 is 1.40 bits per heavy atom. The van der Waals surface area contributed by atoms with Gasteiger partial charge in [-0.05, 0) is 19.1 Å². The Labute approximate surface area is 99.4 Å². The van der Waals surface area contributed by atoms with Crippen molar-refractivity contribution < 1.29 is 5.11 Å². The Hall–Kier alpha value is -0.640. The van der Waals surface area contributed by atoms with Crippen LogP contribution >= 0.6 is 23.2 Å². The molecule has 0 aliphatic heterocycles. The van der Waals surface area contributed by atoms with Gasteiger partial charge in [0.25, 0.3) is 0 Å². The molecule has 84 valence electrons. The molecule has 0 saturated heterocycles. The number of hydrogen-bond donors (Lipinski definition) is 2. The molecular weight excluding hydrogens is 235 g/mol. The fraction of sp³-hybridized carbons (Fsp3) is 0.400. The third kappa shape index (κ3) is 3.16. The molecule has 5 heteroatoms. The van der Waals surface area contributed by atoms with Crippen LogP contribution in [0.5, 0.6) is 0 Å². The number of rotatable bonds is 3. The zero-order valence-corrected chi connectivity index (χ0v) is 10.2. The van der Waals surface area contributed by atoms with Crippen LogP contribution < -0.4 is 10.6 Å². The second-order valence-electron chi connectivity index (χ2n) is 3.56. The highest BCUT2D eigenvalue weighted by Gasteiger charge is 2.13. The van der Waals surface area contributed by atoms with Gasteiger partial charge >= 0.3 is 0 Å². The summed E-state index contributed by atoms with van der Waals surface area (Å²) < 4.78 is 0. The standard InChI is InChI=1S/C10H14Cl2N2O/c1-6(15)5-14(2)10-8(11)3-7(13)4-9(10)12/h3-4,6,15H,5,13H2,1-2H3. The van der Waals surface area contributed by atoms with Gasteiger partial charge in [-0.25, -0.2) is 0 Å². The lowest BCUT2D eigenvalue weighted by molar-refractivity contribution is 0.201. The van der Waals surface area contributed by atoms with Gasteiger partial charge in [0.05, 0.1) is 21.8 Å². The third-order valence-corrected chi connectivity index (χ3v) is 2.54. The SMILES string of the molecule is CC(O)CN(C)c1c(Cl)cc(N)cc1Cl. The minimum atomic E-state index is -0.445. The molecule has 1 aromatic rings. The number of aliphatic hydroxyl groups excluding tert-OH is 1. The van der Waals surface area contributed by atoms with E-state index in [0.29, 0.717) is 28.0 Å². The molecule has 0 aliphatic rings. The van der Waals surface area contributed by atoms with Crippen LogP contribution in [0.2, 0.25) is 10.0 Å². The van der Waals surface area contributed by atoms with E-state index in [0.717, 1.165) is 0 Å². The van der Waals surface area contributed by atoms with E-state index in [-0.39, 0.29) is 0 Å². The van der Waals surface area contributed by atoms with Gasteiger partial charge in [-0.1, -0.05) is 23.2 Å². The number of aliphatic hydroxyl groups is 1. The number of likely N-dealkylation sites (N-methyl/N-ethyl adjacent to an activating group) is 1. The smallest absolute Gasteiger partial charge is 0.0744 e. The number of halogens is 2. The lowest BCUT2D eigenvalue weighted by Gasteiger charge is -2.23. The first-order chi connectivity index (χ1) is 6.91. The molecule has 0 spiro atoms. The summed E-state index contributed by atoms with van der Waals surface area (Å²) in [5, 5.41) is 10.2. The Bertz CT molecular complexity index is 332. The molecule has 0 bridgehead atoms. The van der Waals surface area contributed by atoms with Crippen LogP contribution in [-0.4, -0.2) is 24.8 Å². The molecule has 0 heterocycles. The summed E-state index contributed by atoms with van der Waals surface area (Å²) in [6.07, 6.45) is -0.445. The maximum Gasteiger partial charge on any atom is 0.0744 e. The maximum absolute atomic E-state index is 9.27. The van der Waals surface area contributed by atoms with Crippen LogP contribution in [0.25, 0.3) is 0 Å². The lowest BCUT2D eigenvalue weighted by atomic mass is 10.2. The summed E-state index contributed by atoms with van der Waals surface area (Å²) in [7, 11) is 1.82. The molecule has 1 atom stereocenters. The molecule has 0 saturated carbocycles. The Morgan fingerprint density at radius 2 is 1.87 bits per heavy atom. The molecule has 0 fully saturated rings. The number of nitrogen functional groups attached to an aromatic ring is 1. The number of nitrogens with two attached hydrogens (primary N) is 1. The minimum Gasteiger partial charge on any atom is -0.399 e. The van der Waals surface area contributed by atoms with E-state index in [1.165, 1.54) is 0 Å². The normalized spacial score (nSPS) is 12.6. The van der Waals surface area contributed by atoms with Crippen molar-refractivity contribution in [3.8, 4) is 0 Å². The highest BCUT2D eigenvalue weighted by Crippen LogP contribution is 2.35. The molecule has 1 unspecified atom stereocenters. The molecule has 15 heavy (non-hydrogen) atoms. The van der Waals surface area contributed by atoms with Gasteiger partial charge in [-0.15, -0.1) is 0 Å². The van der Waals surface area contributed by atoms with Crippen LogP contribution in [0.4, 0.5) is 11.4 Å². The van der Waals surface area contributed by atoms with Crippen LogP contribution in [0.1, 0.15) is 6.92 Å². The van der Waals surface area contributed by atoms with Crippen molar-refractivity contribution in [2.24, 2.45) is 0 Å². The van der Waals surface area contributed by atoms with Gasteiger partial charge in [0, 0.05) is 19.3 Å². The number of nitrogens with zero attached hydrogens (tertiary/aromatic N) is 1. The summed E-state index contributed by atoms with van der Waals surface area (Å²) >= 11 is 12.1. The van der Waals surface area contributed by atoms with Crippen molar-refractivity contribution in [1.29, 1.82) is 0 Å². The highest BCUT2D eigenvalue weighted by molar-refractivity contribution is 6.39. The van der Waals surface area contributed by atoms with Gasteiger partial charge in [0.1, 0.15) is 0 Å². The molecule has 1 aromatic carbocycles. The topological polar surface area (TPSA) is 49.5 Å². The molecule has 1 rings (SSSR count). The highest BCUT2D eigenvalue weighted by atomic mass is 35.5. The van der Waals surface area contributed by atoms with E-state index in [2.05, 4.69) is 0 Å². The first kappa shape index (κ1) is 12.4. The van der Waals surface area contributed by atoms with E-state index in [1.807, 2.05) is 7.05 Å². The zero-order chi connectivity index (χ0) is 11.6.